The largest absolute Gasteiger partial charge is 0.399 e. The number of hydrogen-bond acceptors (Lipinski definition) is 3. The fourth-order valence-corrected chi connectivity index (χ4v) is 3.41. The summed E-state index contributed by atoms with van der Waals surface area (Å²) in [6.07, 6.45) is 0.884. The molecule has 0 bridgehead atoms. The van der Waals surface area contributed by atoms with E-state index >= 15 is 0 Å². The summed E-state index contributed by atoms with van der Waals surface area (Å²) < 4.78 is 0. The van der Waals surface area contributed by atoms with Gasteiger partial charge in [0.2, 0.25) is 0 Å². The maximum Gasteiger partial charge on any atom is 0.0976 e. The molecule has 0 aliphatic heterocycles. The van der Waals surface area contributed by atoms with Gasteiger partial charge in [0.1, 0.15) is 0 Å². The number of aromatic nitrogens is 1. The molecule has 2 aromatic carbocycles. The topological polar surface area (TPSA) is 38.9 Å². The highest BCUT2D eigenvalue weighted by atomic mass is 32.1. The molecule has 3 rings (SSSR count). The minimum Gasteiger partial charge on any atom is -0.399 e. The van der Waals surface area contributed by atoms with E-state index in [-0.39, 0.29) is 0 Å². The maximum atomic E-state index is 5.84. The Bertz CT molecular complexity index is 754. The summed E-state index contributed by atoms with van der Waals surface area (Å²) in [4.78, 5) is 4.74. The predicted octanol–water partition coefficient (Wildman–Crippen LogP) is 4.60. The van der Waals surface area contributed by atoms with Gasteiger partial charge in [-0.3, -0.25) is 0 Å². The number of rotatable bonds is 3. The summed E-state index contributed by atoms with van der Waals surface area (Å²) in [6, 6.07) is 14.5. The van der Waals surface area contributed by atoms with E-state index in [1.165, 1.54) is 16.7 Å². The van der Waals surface area contributed by atoms with E-state index in [1.54, 1.807) is 11.3 Å². The van der Waals surface area contributed by atoms with Crippen molar-refractivity contribution in [1.29, 1.82) is 0 Å². The van der Waals surface area contributed by atoms with Gasteiger partial charge in [-0.05, 0) is 31.5 Å². The van der Waals surface area contributed by atoms with Crippen LogP contribution in [0.15, 0.2) is 47.8 Å². The van der Waals surface area contributed by atoms with Gasteiger partial charge in [-0.2, -0.15) is 0 Å². The summed E-state index contributed by atoms with van der Waals surface area (Å²) in [5.41, 5.74) is 12.6. The SMILES string of the molecule is Cc1cc(C)cc(Cc2nc(-c3cccc(N)c3)cs2)c1. The van der Waals surface area contributed by atoms with Crippen molar-refractivity contribution in [2.75, 3.05) is 5.73 Å². The Morgan fingerprint density at radius 3 is 2.52 bits per heavy atom. The lowest BCUT2D eigenvalue weighted by Crippen LogP contribution is -1.90. The summed E-state index contributed by atoms with van der Waals surface area (Å²) in [6.45, 7) is 4.27. The van der Waals surface area contributed by atoms with Crippen molar-refractivity contribution in [3.8, 4) is 11.3 Å². The normalized spacial score (nSPS) is 10.8. The molecule has 0 saturated carbocycles. The van der Waals surface area contributed by atoms with Crippen molar-refractivity contribution in [3.63, 3.8) is 0 Å². The van der Waals surface area contributed by atoms with Crippen LogP contribution in [0.4, 0.5) is 5.69 Å². The van der Waals surface area contributed by atoms with Crippen molar-refractivity contribution < 1.29 is 0 Å². The summed E-state index contributed by atoms with van der Waals surface area (Å²) in [7, 11) is 0. The van der Waals surface area contributed by atoms with Crippen molar-refractivity contribution in [2.45, 2.75) is 20.3 Å². The summed E-state index contributed by atoms with van der Waals surface area (Å²) >= 11 is 1.70. The molecule has 0 saturated heterocycles. The lowest BCUT2D eigenvalue weighted by Gasteiger charge is -2.03. The monoisotopic (exact) mass is 294 g/mol. The van der Waals surface area contributed by atoms with Crippen molar-refractivity contribution in [2.24, 2.45) is 0 Å². The van der Waals surface area contributed by atoms with Gasteiger partial charge in [0.05, 0.1) is 10.7 Å². The molecular weight excluding hydrogens is 276 g/mol. The lowest BCUT2D eigenvalue weighted by atomic mass is 10.1. The smallest absolute Gasteiger partial charge is 0.0976 e. The number of aryl methyl sites for hydroxylation is 2. The van der Waals surface area contributed by atoms with Crippen molar-refractivity contribution in [3.05, 3.63) is 69.5 Å². The van der Waals surface area contributed by atoms with Gasteiger partial charge in [-0.25, -0.2) is 4.98 Å². The number of nitrogens with two attached hydrogens (primary N) is 1. The molecule has 0 atom stereocenters. The average Bonchev–Trinajstić information content (AvgIpc) is 2.86. The van der Waals surface area contributed by atoms with Crippen LogP contribution in [-0.4, -0.2) is 4.98 Å². The van der Waals surface area contributed by atoms with Crippen LogP contribution in [0, 0.1) is 13.8 Å². The second-order valence-electron chi connectivity index (χ2n) is 5.42. The van der Waals surface area contributed by atoms with E-state index in [4.69, 9.17) is 10.7 Å². The summed E-state index contributed by atoms with van der Waals surface area (Å²) in [5, 5.41) is 3.24. The van der Waals surface area contributed by atoms with Crippen LogP contribution in [0.1, 0.15) is 21.7 Å². The van der Waals surface area contributed by atoms with Gasteiger partial charge in [-0.15, -0.1) is 11.3 Å². The predicted molar refractivity (Wildman–Crippen MR) is 90.7 cm³/mol. The van der Waals surface area contributed by atoms with Gasteiger partial charge in [0.25, 0.3) is 0 Å². The van der Waals surface area contributed by atoms with Gasteiger partial charge >= 0.3 is 0 Å². The van der Waals surface area contributed by atoms with E-state index in [0.29, 0.717) is 0 Å². The molecule has 0 aliphatic rings. The molecule has 0 radical (unpaired) electrons. The van der Waals surface area contributed by atoms with Crippen LogP contribution >= 0.6 is 11.3 Å². The first-order chi connectivity index (χ1) is 10.1. The molecular formula is C18H18N2S. The molecule has 2 nitrogen and oxygen atoms in total. The van der Waals surface area contributed by atoms with E-state index in [0.717, 1.165) is 28.4 Å². The van der Waals surface area contributed by atoms with E-state index in [1.807, 2.05) is 24.3 Å². The zero-order chi connectivity index (χ0) is 14.8. The molecule has 0 spiro atoms. The minimum atomic E-state index is 0.774. The highest BCUT2D eigenvalue weighted by molar-refractivity contribution is 7.10. The zero-order valence-electron chi connectivity index (χ0n) is 12.3. The fraction of sp³-hybridized carbons (Fsp3) is 0.167. The van der Waals surface area contributed by atoms with Crippen molar-refractivity contribution >= 4 is 17.0 Å². The Hall–Kier alpha value is -2.13. The Balaban J connectivity index is 1.85. The molecule has 0 aliphatic carbocycles. The molecule has 2 N–H and O–H groups in total. The molecule has 1 heterocycles. The molecule has 0 amide bonds. The molecule has 1 aromatic heterocycles. The van der Waals surface area contributed by atoms with Crippen LogP contribution in [0.25, 0.3) is 11.3 Å². The second kappa shape index (κ2) is 5.70. The van der Waals surface area contributed by atoms with E-state index in [2.05, 4.69) is 37.4 Å². The highest BCUT2D eigenvalue weighted by Gasteiger charge is 2.06. The molecule has 0 fully saturated rings. The van der Waals surface area contributed by atoms with Crippen molar-refractivity contribution in [1.82, 2.24) is 4.98 Å². The minimum absolute atomic E-state index is 0.774. The van der Waals surface area contributed by atoms with Gasteiger partial charge in [0.15, 0.2) is 0 Å². The van der Waals surface area contributed by atoms with Crippen LogP contribution in [-0.2, 0) is 6.42 Å². The standard InChI is InChI=1S/C18H18N2S/c1-12-6-13(2)8-14(7-12)9-18-20-17(11-21-18)15-4-3-5-16(19)10-15/h3-8,10-11H,9,19H2,1-2H3. The second-order valence-corrected chi connectivity index (χ2v) is 6.37. The van der Waals surface area contributed by atoms with Crippen LogP contribution in [0.3, 0.4) is 0 Å². The Kier molecular flexibility index (Phi) is 3.76. The van der Waals surface area contributed by atoms with E-state index < -0.39 is 0 Å². The number of anilines is 1. The first-order valence-electron chi connectivity index (χ1n) is 6.97. The third-order valence-electron chi connectivity index (χ3n) is 3.37. The zero-order valence-corrected chi connectivity index (χ0v) is 13.1. The third kappa shape index (κ3) is 3.31. The molecule has 106 valence electrons. The number of hydrogen-bond donors (Lipinski definition) is 1. The van der Waals surface area contributed by atoms with Gasteiger partial charge in [-0.1, -0.05) is 41.5 Å². The molecule has 0 unspecified atom stereocenters. The number of nitrogens with zero attached hydrogens (tertiary/aromatic N) is 1. The third-order valence-corrected chi connectivity index (χ3v) is 4.22. The number of thiazole rings is 1. The number of benzene rings is 2. The lowest BCUT2D eigenvalue weighted by molar-refractivity contribution is 1.13. The first-order valence-corrected chi connectivity index (χ1v) is 7.85. The van der Waals surface area contributed by atoms with Crippen LogP contribution in [0.5, 0.6) is 0 Å². The fourth-order valence-electron chi connectivity index (χ4n) is 2.57. The first kappa shape index (κ1) is 13.8. The molecule has 3 heteroatoms. The Morgan fingerprint density at radius 2 is 1.81 bits per heavy atom. The molecule has 3 aromatic rings. The Morgan fingerprint density at radius 1 is 1.05 bits per heavy atom. The van der Waals surface area contributed by atoms with E-state index in [9.17, 15) is 0 Å². The van der Waals surface area contributed by atoms with Gasteiger partial charge < -0.3 is 5.73 Å². The summed E-state index contributed by atoms with van der Waals surface area (Å²) in [5.74, 6) is 0. The highest BCUT2D eigenvalue weighted by Crippen LogP contribution is 2.25. The van der Waals surface area contributed by atoms with Crippen LogP contribution in [0.2, 0.25) is 0 Å². The van der Waals surface area contributed by atoms with Gasteiger partial charge in [0, 0.05) is 23.1 Å². The average molecular weight is 294 g/mol. The molecule has 21 heavy (non-hydrogen) atoms. The number of nitrogen functional groups attached to an aromatic ring is 1. The maximum absolute atomic E-state index is 5.84. The Labute approximate surface area is 129 Å². The van der Waals surface area contributed by atoms with Crippen LogP contribution < -0.4 is 5.73 Å². The quantitative estimate of drug-likeness (QED) is 0.717.